The van der Waals surface area contributed by atoms with Crippen LogP contribution in [0.3, 0.4) is 0 Å². The number of carbonyl (C=O) groups excluding carboxylic acids is 1. The van der Waals surface area contributed by atoms with Crippen molar-refractivity contribution >= 4 is 5.78 Å². The van der Waals surface area contributed by atoms with E-state index in [1.54, 1.807) is 7.11 Å². The highest BCUT2D eigenvalue weighted by molar-refractivity contribution is 5.92. The largest absolute Gasteiger partial charge is 0.377 e. The Hall–Kier alpha value is -0.410. The molecule has 1 fully saturated rings. The van der Waals surface area contributed by atoms with E-state index in [1.165, 1.54) is 0 Å². The number of Topliss-reactive ketones (excluding diaryl/α,β-unsaturated/α-hetero) is 1. The van der Waals surface area contributed by atoms with Crippen LogP contribution in [-0.2, 0) is 9.53 Å². The van der Waals surface area contributed by atoms with Crippen LogP contribution in [0.5, 0.6) is 0 Å². The van der Waals surface area contributed by atoms with Crippen LogP contribution in [0.25, 0.3) is 0 Å². The lowest BCUT2D eigenvalue weighted by Crippen LogP contribution is -2.38. The summed E-state index contributed by atoms with van der Waals surface area (Å²) in [4.78, 5) is 11.2. The third kappa shape index (κ3) is 1.20. The van der Waals surface area contributed by atoms with E-state index in [1.807, 2.05) is 7.05 Å². The summed E-state index contributed by atoms with van der Waals surface area (Å²) >= 11 is 0. The number of methoxy groups -OCH3 is 1. The van der Waals surface area contributed by atoms with Gasteiger partial charge >= 0.3 is 0 Å². The minimum absolute atomic E-state index is 0.178. The molecule has 0 bridgehead atoms. The molecule has 3 heteroatoms. The first kappa shape index (κ1) is 7.69. The summed E-state index contributed by atoms with van der Waals surface area (Å²) in [6, 6.07) is 0. The van der Waals surface area contributed by atoms with Gasteiger partial charge < -0.3 is 10.1 Å². The van der Waals surface area contributed by atoms with Crippen molar-refractivity contribution in [2.24, 2.45) is 0 Å². The molecule has 0 aliphatic heterocycles. The molecule has 0 unspecified atom stereocenters. The summed E-state index contributed by atoms with van der Waals surface area (Å²) in [5.74, 6) is 0.178. The molecule has 1 rings (SSSR count). The van der Waals surface area contributed by atoms with Crippen molar-refractivity contribution in [2.75, 3.05) is 20.8 Å². The van der Waals surface area contributed by atoms with Gasteiger partial charge in [-0.1, -0.05) is 0 Å². The summed E-state index contributed by atoms with van der Waals surface area (Å²) in [5.41, 5.74) is -0.212. The van der Waals surface area contributed by atoms with E-state index in [0.717, 1.165) is 12.8 Å². The SMILES string of the molecule is CNC1(C(=O)COC)CC1. The second-order valence-corrected chi connectivity index (χ2v) is 2.69. The molecule has 0 amide bonds. The van der Waals surface area contributed by atoms with Gasteiger partial charge in [-0.05, 0) is 19.9 Å². The van der Waals surface area contributed by atoms with Crippen molar-refractivity contribution in [1.82, 2.24) is 5.32 Å². The van der Waals surface area contributed by atoms with Crippen LogP contribution in [0.2, 0.25) is 0 Å². The monoisotopic (exact) mass is 143 g/mol. The Bertz CT molecular complexity index is 141. The number of ketones is 1. The number of rotatable bonds is 4. The quantitative estimate of drug-likeness (QED) is 0.600. The molecular formula is C7H13NO2. The molecule has 0 heterocycles. The Morgan fingerprint density at radius 1 is 1.70 bits per heavy atom. The zero-order chi connectivity index (χ0) is 7.61. The molecule has 1 aliphatic carbocycles. The van der Waals surface area contributed by atoms with Crippen LogP contribution < -0.4 is 5.32 Å². The van der Waals surface area contributed by atoms with E-state index in [0.29, 0.717) is 0 Å². The Morgan fingerprint density at radius 2 is 2.30 bits per heavy atom. The molecular weight excluding hydrogens is 130 g/mol. The fraction of sp³-hybridized carbons (Fsp3) is 0.857. The number of likely N-dealkylation sites (N-methyl/N-ethyl adjacent to an activating group) is 1. The molecule has 58 valence electrons. The highest BCUT2D eigenvalue weighted by Gasteiger charge is 2.47. The van der Waals surface area contributed by atoms with Gasteiger partial charge in [-0.25, -0.2) is 0 Å². The molecule has 10 heavy (non-hydrogen) atoms. The highest BCUT2D eigenvalue weighted by atomic mass is 16.5. The lowest BCUT2D eigenvalue weighted by atomic mass is 10.2. The molecule has 0 aromatic carbocycles. The average molecular weight is 143 g/mol. The van der Waals surface area contributed by atoms with Crippen molar-refractivity contribution in [3.8, 4) is 0 Å². The second kappa shape index (κ2) is 2.68. The van der Waals surface area contributed by atoms with E-state index >= 15 is 0 Å². The van der Waals surface area contributed by atoms with Crippen molar-refractivity contribution < 1.29 is 9.53 Å². The van der Waals surface area contributed by atoms with Gasteiger partial charge in [0.15, 0.2) is 5.78 Å². The van der Waals surface area contributed by atoms with Gasteiger partial charge in [0.25, 0.3) is 0 Å². The van der Waals surface area contributed by atoms with Crippen molar-refractivity contribution in [3.05, 3.63) is 0 Å². The van der Waals surface area contributed by atoms with Crippen LogP contribution >= 0.6 is 0 Å². The lowest BCUT2D eigenvalue weighted by molar-refractivity contribution is -0.125. The van der Waals surface area contributed by atoms with E-state index in [-0.39, 0.29) is 17.9 Å². The van der Waals surface area contributed by atoms with Crippen molar-refractivity contribution in [1.29, 1.82) is 0 Å². The van der Waals surface area contributed by atoms with Crippen molar-refractivity contribution in [3.63, 3.8) is 0 Å². The molecule has 1 aliphatic rings. The van der Waals surface area contributed by atoms with Crippen LogP contribution in [0.4, 0.5) is 0 Å². The predicted octanol–water partition coefficient (Wildman–Crippen LogP) is -0.0461. The zero-order valence-corrected chi connectivity index (χ0v) is 6.44. The maximum Gasteiger partial charge on any atom is 0.178 e. The van der Waals surface area contributed by atoms with Gasteiger partial charge in [-0.15, -0.1) is 0 Å². The van der Waals surface area contributed by atoms with E-state index < -0.39 is 0 Å². The summed E-state index contributed by atoms with van der Waals surface area (Å²) in [6.45, 7) is 0.237. The first-order valence-corrected chi connectivity index (χ1v) is 3.46. The molecule has 0 saturated heterocycles. The Balaban J connectivity index is 2.40. The topological polar surface area (TPSA) is 38.3 Å². The standard InChI is InChI=1S/C7H13NO2/c1-8-7(3-4-7)6(9)5-10-2/h8H,3-5H2,1-2H3. The first-order chi connectivity index (χ1) is 4.75. The number of carbonyl (C=O) groups is 1. The molecule has 0 radical (unpaired) electrons. The summed E-state index contributed by atoms with van der Waals surface area (Å²) in [6.07, 6.45) is 1.93. The van der Waals surface area contributed by atoms with Crippen molar-refractivity contribution in [2.45, 2.75) is 18.4 Å². The maximum atomic E-state index is 11.2. The molecule has 0 aromatic heterocycles. The van der Waals surface area contributed by atoms with E-state index in [2.05, 4.69) is 5.32 Å². The van der Waals surface area contributed by atoms with E-state index in [4.69, 9.17) is 4.74 Å². The summed E-state index contributed by atoms with van der Waals surface area (Å²) < 4.78 is 4.74. The van der Waals surface area contributed by atoms with Gasteiger partial charge in [0, 0.05) is 7.11 Å². The fourth-order valence-electron chi connectivity index (χ4n) is 1.06. The number of hydrogen-bond acceptors (Lipinski definition) is 3. The number of ether oxygens (including phenoxy) is 1. The fourth-order valence-corrected chi connectivity index (χ4v) is 1.06. The number of hydrogen-bond donors (Lipinski definition) is 1. The smallest absolute Gasteiger partial charge is 0.178 e. The van der Waals surface area contributed by atoms with Gasteiger partial charge in [-0.3, -0.25) is 4.79 Å². The number of nitrogens with one attached hydrogen (secondary N) is 1. The average Bonchev–Trinajstić information content (AvgIpc) is 2.68. The molecule has 0 aromatic rings. The molecule has 1 N–H and O–H groups in total. The highest BCUT2D eigenvalue weighted by Crippen LogP contribution is 2.35. The van der Waals surface area contributed by atoms with Crippen LogP contribution in [0, 0.1) is 0 Å². The zero-order valence-electron chi connectivity index (χ0n) is 6.44. The Labute approximate surface area is 60.7 Å². The van der Waals surface area contributed by atoms with Gasteiger partial charge in [0.05, 0.1) is 5.54 Å². The summed E-state index contributed by atoms with van der Waals surface area (Å²) in [7, 11) is 3.37. The Morgan fingerprint density at radius 3 is 2.60 bits per heavy atom. The molecule has 1 saturated carbocycles. The predicted molar refractivity (Wildman–Crippen MR) is 37.9 cm³/mol. The van der Waals surface area contributed by atoms with E-state index in [9.17, 15) is 4.79 Å². The van der Waals surface area contributed by atoms with Gasteiger partial charge in [0.1, 0.15) is 6.61 Å². The molecule has 0 atom stereocenters. The minimum atomic E-state index is -0.212. The van der Waals surface area contributed by atoms with Gasteiger partial charge in [0.2, 0.25) is 0 Å². The maximum absolute atomic E-state index is 11.2. The molecule has 3 nitrogen and oxygen atoms in total. The Kier molecular flexibility index (Phi) is 2.06. The minimum Gasteiger partial charge on any atom is -0.377 e. The summed E-state index contributed by atoms with van der Waals surface area (Å²) in [5, 5.41) is 3.01. The third-order valence-corrected chi connectivity index (χ3v) is 2.04. The normalized spacial score (nSPS) is 20.6. The van der Waals surface area contributed by atoms with Crippen LogP contribution in [0.1, 0.15) is 12.8 Å². The van der Waals surface area contributed by atoms with Gasteiger partial charge in [-0.2, -0.15) is 0 Å². The molecule has 0 spiro atoms. The third-order valence-electron chi connectivity index (χ3n) is 2.04. The lowest BCUT2D eigenvalue weighted by Gasteiger charge is -2.10. The first-order valence-electron chi connectivity index (χ1n) is 3.46. The van der Waals surface area contributed by atoms with Crippen LogP contribution in [-0.4, -0.2) is 32.1 Å². The second-order valence-electron chi connectivity index (χ2n) is 2.69. The van der Waals surface area contributed by atoms with Crippen LogP contribution in [0.15, 0.2) is 0 Å².